The fourth-order valence-corrected chi connectivity index (χ4v) is 0.846. The van der Waals surface area contributed by atoms with Gasteiger partial charge in [0.25, 0.3) is 0 Å². The van der Waals surface area contributed by atoms with Crippen LogP contribution in [0.5, 0.6) is 0 Å². The molecule has 0 spiro atoms. The Hall–Kier alpha value is -0.920. The number of hydrogen-bond acceptors (Lipinski definition) is 2. The highest BCUT2D eigenvalue weighted by Crippen LogP contribution is 2.24. The van der Waals surface area contributed by atoms with Gasteiger partial charge in [-0.1, -0.05) is 13.2 Å². The lowest BCUT2D eigenvalue weighted by Gasteiger charge is -2.06. The number of hydrogen-bond donors (Lipinski definition) is 1. The van der Waals surface area contributed by atoms with E-state index in [1.54, 1.807) is 0 Å². The van der Waals surface area contributed by atoms with Gasteiger partial charge in [-0.25, -0.2) is 0 Å². The first-order valence-electron chi connectivity index (χ1n) is 2.92. The van der Waals surface area contributed by atoms with Crippen molar-refractivity contribution in [1.29, 1.82) is 0 Å². The van der Waals surface area contributed by atoms with Crippen LogP contribution in [0.4, 0.5) is 0 Å². The Morgan fingerprint density at radius 3 is 2.67 bits per heavy atom. The van der Waals surface area contributed by atoms with E-state index in [9.17, 15) is 0 Å². The molecular formula is C7H10O2. The van der Waals surface area contributed by atoms with Gasteiger partial charge in [0.2, 0.25) is 0 Å². The summed E-state index contributed by atoms with van der Waals surface area (Å²) in [5.41, 5.74) is 0. The van der Waals surface area contributed by atoms with Gasteiger partial charge in [-0.05, 0) is 6.42 Å². The van der Waals surface area contributed by atoms with Gasteiger partial charge >= 0.3 is 0 Å². The minimum atomic E-state index is -0.197. The summed E-state index contributed by atoms with van der Waals surface area (Å²) < 4.78 is 5.08. The SMILES string of the molecule is C=C1CC[C@H](C(=C)O)O1. The quantitative estimate of drug-likeness (QED) is 0.542. The van der Waals surface area contributed by atoms with Crippen LogP contribution in [0.1, 0.15) is 12.8 Å². The molecule has 1 N–H and O–H groups in total. The van der Waals surface area contributed by atoms with E-state index in [-0.39, 0.29) is 11.9 Å². The molecule has 2 heteroatoms. The van der Waals surface area contributed by atoms with Gasteiger partial charge in [0.1, 0.15) is 5.76 Å². The van der Waals surface area contributed by atoms with Gasteiger partial charge < -0.3 is 9.84 Å². The van der Waals surface area contributed by atoms with E-state index in [2.05, 4.69) is 13.2 Å². The molecule has 0 saturated carbocycles. The van der Waals surface area contributed by atoms with E-state index < -0.39 is 0 Å². The highest BCUT2D eigenvalue weighted by molar-refractivity contribution is 5.01. The molecule has 1 heterocycles. The topological polar surface area (TPSA) is 29.5 Å². The molecule has 0 aromatic carbocycles. The molecule has 0 unspecified atom stereocenters. The van der Waals surface area contributed by atoms with Crippen LogP contribution in [-0.2, 0) is 4.74 Å². The standard InChI is InChI=1S/C7H10O2/c1-5-3-4-7(9-5)6(2)8/h7-8H,1-4H2/t7-/m1/s1. The third-order valence-corrected chi connectivity index (χ3v) is 1.37. The first-order valence-corrected chi connectivity index (χ1v) is 2.92. The second-order valence-corrected chi connectivity index (χ2v) is 2.18. The van der Waals surface area contributed by atoms with Gasteiger partial charge in [-0.3, -0.25) is 0 Å². The molecule has 9 heavy (non-hydrogen) atoms. The molecule has 0 bridgehead atoms. The molecule has 50 valence electrons. The summed E-state index contributed by atoms with van der Waals surface area (Å²) in [6.07, 6.45) is 1.45. The number of aliphatic hydroxyl groups is 1. The average molecular weight is 126 g/mol. The predicted molar refractivity (Wildman–Crippen MR) is 35.0 cm³/mol. The highest BCUT2D eigenvalue weighted by atomic mass is 16.5. The van der Waals surface area contributed by atoms with Crippen molar-refractivity contribution < 1.29 is 9.84 Å². The summed E-state index contributed by atoms with van der Waals surface area (Å²) in [4.78, 5) is 0. The van der Waals surface area contributed by atoms with Gasteiger partial charge in [0.15, 0.2) is 6.10 Å². The van der Waals surface area contributed by atoms with Crippen molar-refractivity contribution in [3.05, 3.63) is 24.7 Å². The van der Waals surface area contributed by atoms with E-state index >= 15 is 0 Å². The Morgan fingerprint density at radius 1 is 1.78 bits per heavy atom. The molecule has 0 aromatic rings. The number of ether oxygens (including phenoxy) is 1. The first-order chi connectivity index (χ1) is 4.20. The lowest BCUT2D eigenvalue weighted by atomic mass is 10.2. The van der Waals surface area contributed by atoms with E-state index in [1.165, 1.54) is 0 Å². The Labute approximate surface area is 54.5 Å². The molecular weight excluding hydrogens is 116 g/mol. The summed E-state index contributed by atoms with van der Waals surface area (Å²) >= 11 is 0. The van der Waals surface area contributed by atoms with Crippen LogP contribution in [0, 0.1) is 0 Å². The third kappa shape index (κ3) is 1.25. The highest BCUT2D eigenvalue weighted by Gasteiger charge is 2.20. The molecule has 1 rings (SSSR count). The fraction of sp³-hybridized carbons (Fsp3) is 0.429. The van der Waals surface area contributed by atoms with Crippen LogP contribution in [0.25, 0.3) is 0 Å². The lowest BCUT2D eigenvalue weighted by molar-refractivity contribution is 0.145. The number of rotatable bonds is 1. The van der Waals surface area contributed by atoms with Gasteiger partial charge in [-0.15, -0.1) is 0 Å². The second kappa shape index (κ2) is 2.13. The Morgan fingerprint density at radius 2 is 2.44 bits per heavy atom. The summed E-state index contributed by atoms with van der Waals surface area (Å²) in [6.45, 7) is 6.97. The maximum atomic E-state index is 8.81. The summed E-state index contributed by atoms with van der Waals surface area (Å²) in [7, 11) is 0. The van der Waals surface area contributed by atoms with Crippen LogP contribution in [0.3, 0.4) is 0 Å². The van der Waals surface area contributed by atoms with E-state index in [4.69, 9.17) is 9.84 Å². The normalized spacial score (nSPS) is 25.8. The van der Waals surface area contributed by atoms with E-state index in [0.29, 0.717) is 0 Å². The van der Waals surface area contributed by atoms with E-state index in [0.717, 1.165) is 18.6 Å². The fourth-order valence-electron chi connectivity index (χ4n) is 0.846. The van der Waals surface area contributed by atoms with Crippen molar-refractivity contribution in [2.24, 2.45) is 0 Å². The zero-order valence-electron chi connectivity index (χ0n) is 5.26. The molecule has 2 nitrogen and oxygen atoms in total. The van der Waals surface area contributed by atoms with Crippen molar-refractivity contribution in [3.8, 4) is 0 Å². The van der Waals surface area contributed by atoms with Crippen molar-refractivity contribution in [1.82, 2.24) is 0 Å². The van der Waals surface area contributed by atoms with Crippen LogP contribution in [-0.4, -0.2) is 11.2 Å². The van der Waals surface area contributed by atoms with Gasteiger partial charge in [-0.2, -0.15) is 0 Å². The molecule has 0 aliphatic carbocycles. The Kier molecular flexibility index (Phi) is 1.47. The summed E-state index contributed by atoms with van der Waals surface area (Å²) in [5.74, 6) is 0.851. The minimum Gasteiger partial charge on any atom is -0.509 e. The largest absolute Gasteiger partial charge is 0.509 e. The Balaban J connectivity index is 2.48. The molecule has 1 aliphatic heterocycles. The molecule has 1 saturated heterocycles. The zero-order valence-corrected chi connectivity index (χ0v) is 5.26. The molecule has 0 aromatic heterocycles. The van der Waals surface area contributed by atoms with Crippen LogP contribution in [0.15, 0.2) is 24.7 Å². The third-order valence-electron chi connectivity index (χ3n) is 1.37. The Bertz CT molecular complexity index is 149. The molecule has 0 amide bonds. The van der Waals surface area contributed by atoms with Crippen molar-refractivity contribution >= 4 is 0 Å². The maximum absolute atomic E-state index is 8.81. The van der Waals surface area contributed by atoms with E-state index in [1.807, 2.05) is 0 Å². The monoisotopic (exact) mass is 126 g/mol. The number of allylic oxidation sites excluding steroid dienone is 1. The van der Waals surface area contributed by atoms with Gasteiger partial charge in [0.05, 0.1) is 5.76 Å². The van der Waals surface area contributed by atoms with Crippen LogP contribution < -0.4 is 0 Å². The molecule has 0 radical (unpaired) electrons. The van der Waals surface area contributed by atoms with Crippen LogP contribution >= 0.6 is 0 Å². The smallest absolute Gasteiger partial charge is 0.154 e. The average Bonchev–Trinajstić information content (AvgIpc) is 2.14. The number of aliphatic hydroxyl groups excluding tert-OH is 1. The molecule has 1 fully saturated rings. The van der Waals surface area contributed by atoms with Crippen molar-refractivity contribution in [3.63, 3.8) is 0 Å². The second-order valence-electron chi connectivity index (χ2n) is 2.18. The maximum Gasteiger partial charge on any atom is 0.154 e. The van der Waals surface area contributed by atoms with Crippen LogP contribution in [0.2, 0.25) is 0 Å². The first kappa shape index (κ1) is 6.20. The lowest BCUT2D eigenvalue weighted by Crippen LogP contribution is -2.05. The molecule has 1 atom stereocenters. The van der Waals surface area contributed by atoms with Crippen molar-refractivity contribution in [2.45, 2.75) is 18.9 Å². The van der Waals surface area contributed by atoms with Crippen molar-refractivity contribution in [2.75, 3.05) is 0 Å². The molecule has 1 aliphatic rings. The van der Waals surface area contributed by atoms with Gasteiger partial charge in [0, 0.05) is 6.42 Å². The minimum absolute atomic E-state index is 0.105. The predicted octanol–water partition coefficient (Wildman–Crippen LogP) is 1.75. The zero-order chi connectivity index (χ0) is 6.85. The summed E-state index contributed by atoms with van der Waals surface area (Å²) in [6, 6.07) is 0. The summed E-state index contributed by atoms with van der Waals surface area (Å²) in [5, 5.41) is 8.81.